The maximum absolute atomic E-state index is 10.9. The average molecular weight is 270 g/mol. The standard InChI is InChI=1S/C12H18N2O3S/c1-2-5-9(13)12(8-15)18-11-7-4-3-6-10(11)14(16)17/h3-4,6-7,9,12,15H,2,5,8,13H2,1H3. The third-order valence-corrected chi connectivity index (χ3v) is 4.02. The second kappa shape index (κ2) is 7.35. The highest BCUT2D eigenvalue weighted by Crippen LogP contribution is 2.33. The maximum atomic E-state index is 10.9. The maximum Gasteiger partial charge on any atom is 0.282 e. The number of nitrogens with two attached hydrogens (primary N) is 1. The molecule has 6 heteroatoms. The molecule has 100 valence electrons. The van der Waals surface area contributed by atoms with Crippen molar-refractivity contribution in [3.05, 3.63) is 34.4 Å². The van der Waals surface area contributed by atoms with Crippen LogP contribution in [0, 0.1) is 10.1 Å². The predicted molar refractivity (Wildman–Crippen MR) is 72.7 cm³/mol. The summed E-state index contributed by atoms with van der Waals surface area (Å²) in [5, 5.41) is 20.0. The average Bonchev–Trinajstić information content (AvgIpc) is 2.36. The van der Waals surface area contributed by atoms with Crippen LogP contribution in [-0.2, 0) is 0 Å². The molecule has 2 unspecified atom stereocenters. The first kappa shape index (κ1) is 14.9. The van der Waals surface area contributed by atoms with E-state index in [1.165, 1.54) is 17.8 Å². The summed E-state index contributed by atoms with van der Waals surface area (Å²) in [6, 6.07) is 6.36. The van der Waals surface area contributed by atoms with E-state index in [9.17, 15) is 15.2 Å². The number of benzene rings is 1. The van der Waals surface area contributed by atoms with Crippen molar-refractivity contribution < 1.29 is 10.0 Å². The van der Waals surface area contributed by atoms with Crippen LogP contribution in [0.5, 0.6) is 0 Å². The molecule has 5 nitrogen and oxygen atoms in total. The van der Waals surface area contributed by atoms with E-state index in [1.807, 2.05) is 6.92 Å². The number of thioether (sulfide) groups is 1. The van der Waals surface area contributed by atoms with Crippen LogP contribution < -0.4 is 5.73 Å². The largest absolute Gasteiger partial charge is 0.395 e. The van der Waals surface area contributed by atoms with Gasteiger partial charge in [0.25, 0.3) is 5.69 Å². The summed E-state index contributed by atoms with van der Waals surface area (Å²) in [5.41, 5.74) is 6.02. The minimum atomic E-state index is -0.415. The first-order chi connectivity index (χ1) is 8.60. The van der Waals surface area contributed by atoms with E-state index in [-0.39, 0.29) is 23.6 Å². The smallest absolute Gasteiger partial charge is 0.282 e. The molecule has 0 fully saturated rings. The lowest BCUT2D eigenvalue weighted by Gasteiger charge is -2.20. The molecule has 0 radical (unpaired) electrons. The summed E-state index contributed by atoms with van der Waals surface area (Å²) in [6.45, 7) is 1.93. The third kappa shape index (κ3) is 3.97. The molecule has 2 atom stereocenters. The normalized spacial score (nSPS) is 14.2. The summed E-state index contributed by atoms with van der Waals surface area (Å²) in [6.07, 6.45) is 1.72. The lowest BCUT2D eigenvalue weighted by Crippen LogP contribution is -2.34. The summed E-state index contributed by atoms with van der Waals surface area (Å²) in [5.74, 6) is 0. The van der Waals surface area contributed by atoms with Crippen LogP contribution in [0.4, 0.5) is 5.69 Å². The van der Waals surface area contributed by atoms with E-state index in [1.54, 1.807) is 18.2 Å². The van der Waals surface area contributed by atoms with Crippen molar-refractivity contribution in [2.24, 2.45) is 5.73 Å². The molecular formula is C12H18N2O3S. The Morgan fingerprint density at radius 1 is 1.50 bits per heavy atom. The van der Waals surface area contributed by atoms with Crippen LogP contribution in [0.1, 0.15) is 19.8 Å². The molecule has 1 rings (SSSR count). The molecular weight excluding hydrogens is 252 g/mol. The topological polar surface area (TPSA) is 89.4 Å². The van der Waals surface area contributed by atoms with Gasteiger partial charge in [0.2, 0.25) is 0 Å². The molecule has 0 saturated carbocycles. The molecule has 0 spiro atoms. The number of nitro groups is 1. The Balaban J connectivity index is 2.84. The minimum absolute atomic E-state index is 0.0599. The van der Waals surface area contributed by atoms with Crippen LogP contribution in [0.3, 0.4) is 0 Å². The second-order valence-corrected chi connectivity index (χ2v) is 5.30. The fourth-order valence-electron chi connectivity index (χ4n) is 1.65. The molecule has 0 aromatic heterocycles. The van der Waals surface area contributed by atoms with Gasteiger partial charge in [-0.3, -0.25) is 10.1 Å². The molecule has 3 N–H and O–H groups in total. The van der Waals surface area contributed by atoms with Crippen LogP contribution in [-0.4, -0.2) is 27.9 Å². The number of nitrogens with zero attached hydrogens (tertiary/aromatic N) is 1. The first-order valence-electron chi connectivity index (χ1n) is 5.86. The van der Waals surface area contributed by atoms with Crippen molar-refractivity contribution in [1.82, 2.24) is 0 Å². The fourth-order valence-corrected chi connectivity index (χ4v) is 2.78. The van der Waals surface area contributed by atoms with Gasteiger partial charge in [0.1, 0.15) is 0 Å². The van der Waals surface area contributed by atoms with Gasteiger partial charge in [0.05, 0.1) is 16.4 Å². The number of rotatable bonds is 7. The molecule has 0 bridgehead atoms. The van der Waals surface area contributed by atoms with E-state index in [2.05, 4.69) is 0 Å². The molecule has 0 heterocycles. The lowest BCUT2D eigenvalue weighted by atomic mass is 10.1. The zero-order chi connectivity index (χ0) is 13.5. The molecule has 0 saturated heterocycles. The lowest BCUT2D eigenvalue weighted by molar-refractivity contribution is -0.387. The van der Waals surface area contributed by atoms with Gasteiger partial charge < -0.3 is 10.8 Å². The number of para-hydroxylation sites is 1. The Morgan fingerprint density at radius 3 is 2.72 bits per heavy atom. The molecule has 1 aromatic carbocycles. The second-order valence-electron chi connectivity index (χ2n) is 4.02. The quantitative estimate of drug-likeness (QED) is 0.450. The number of aliphatic hydroxyl groups is 1. The Bertz CT molecular complexity index is 401. The van der Waals surface area contributed by atoms with Crippen LogP contribution in [0.15, 0.2) is 29.2 Å². The highest BCUT2D eigenvalue weighted by Gasteiger charge is 2.22. The van der Waals surface area contributed by atoms with E-state index in [0.717, 1.165) is 12.8 Å². The van der Waals surface area contributed by atoms with Crippen LogP contribution >= 0.6 is 11.8 Å². The van der Waals surface area contributed by atoms with Crippen molar-refractivity contribution in [3.63, 3.8) is 0 Å². The van der Waals surface area contributed by atoms with Gasteiger partial charge >= 0.3 is 0 Å². The third-order valence-electron chi connectivity index (χ3n) is 2.62. The van der Waals surface area contributed by atoms with Gasteiger partial charge in [-0.1, -0.05) is 25.5 Å². The molecule has 0 aliphatic rings. The highest BCUT2D eigenvalue weighted by atomic mass is 32.2. The minimum Gasteiger partial charge on any atom is -0.395 e. The van der Waals surface area contributed by atoms with Gasteiger partial charge in [0.15, 0.2) is 0 Å². The molecule has 18 heavy (non-hydrogen) atoms. The van der Waals surface area contributed by atoms with Gasteiger partial charge in [0, 0.05) is 17.4 Å². The monoisotopic (exact) mass is 270 g/mol. The Kier molecular flexibility index (Phi) is 6.11. The van der Waals surface area contributed by atoms with E-state index in [0.29, 0.717) is 4.90 Å². The van der Waals surface area contributed by atoms with Crippen molar-refractivity contribution in [1.29, 1.82) is 0 Å². The van der Waals surface area contributed by atoms with E-state index < -0.39 is 4.92 Å². The molecule has 0 aliphatic heterocycles. The number of hydrogen-bond donors (Lipinski definition) is 2. The van der Waals surface area contributed by atoms with E-state index in [4.69, 9.17) is 5.73 Å². The SMILES string of the molecule is CCCC(N)C(CO)Sc1ccccc1[N+](=O)[O-]. The van der Waals surface area contributed by atoms with Gasteiger partial charge in [-0.25, -0.2) is 0 Å². The Hall–Kier alpha value is -1.11. The Morgan fingerprint density at radius 2 is 2.17 bits per heavy atom. The zero-order valence-electron chi connectivity index (χ0n) is 10.3. The molecule has 1 aromatic rings. The number of nitro benzene ring substituents is 1. The van der Waals surface area contributed by atoms with E-state index >= 15 is 0 Å². The summed E-state index contributed by atoms with van der Waals surface area (Å²) in [4.78, 5) is 11.0. The zero-order valence-corrected chi connectivity index (χ0v) is 11.1. The predicted octanol–water partition coefficient (Wildman–Crippen LogP) is 2.18. The van der Waals surface area contributed by atoms with Crippen molar-refractivity contribution in [2.45, 2.75) is 36.0 Å². The first-order valence-corrected chi connectivity index (χ1v) is 6.74. The summed E-state index contributed by atoms with van der Waals surface area (Å²) in [7, 11) is 0. The van der Waals surface area contributed by atoms with Gasteiger partial charge in [-0.05, 0) is 12.5 Å². The molecule has 0 aliphatic carbocycles. The Labute approximate surface area is 111 Å². The fraction of sp³-hybridized carbons (Fsp3) is 0.500. The van der Waals surface area contributed by atoms with Crippen molar-refractivity contribution in [3.8, 4) is 0 Å². The number of aliphatic hydroxyl groups excluding tert-OH is 1. The van der Waals surface area contributed by atoms with Gasteiger partial charge in [-0.2, -0.15) is 0 Å². The van der Waals surface area contributed by atoms with Gasteiger partial charge in [-0.15, -0.1) is 11.8 Å². The molecule has 0 amide bonds. The van der Waals surface area contributed by atoms with Crippen molar-refractivity contribution in [2.75, 3.05) is 6.61 Å². The van der Waals surface area contributed by atoms with Crippen molar-refractivity contribution >= 4 is 17.4 Å². The van der Waals surface area contributed by atoms with Crippen LogP contribution in [0.2, 0.25) is 0 Å². The van der Waals surface area contributed by atoms with Crippen LogP contribution in [0.25, 0.3) is 0 Å². The summed E-state index contributed by atoms with van der Waals surface area (Å²) < 4.78 is 0. The highest BCUT2D eigenvalue weighted by molar-refractivity contribution is 8.00. The summed E-state index contributed by atoms with van der Waals surface area (Å²) >= 11 is 1.28. The number of hydrogen-bond acceptors (Lipinski definition) is 5.